The minimum Gasteiger partial charge on any atom is -0.373 e. The first-order chi connectivity index (χ1) is 10.2. The normalized spacial score (nSPS) is 22.9. The number of nitrogens with zero attached hydrogens (tertiary/aromatic N) is 3. The number of piperidine rings is 1. The summed E-state index contributed by atoms with van der Waals surface area (Å²) in [5.41, 5.74) is 8.02. The fourth-order valence-corrected chi connectivity index (χ4v) is 3.62. The molecule has 0 saturated carbocycles. The van der Waals surface area contributed by atoms with Gasteiger partial charge >= 0.3 is 0 Å². The Hall–Kier alpha value is -1.08. The number of hydrogen-bond acceptors (Lipinski definition) is 5. The average Bonchev–Trinajstić information content (AvgIpc) is 3.06. The van der Waals surface area contributed by atoms with Crippen molar-refractivity contribution in [1.82, 2.24) is 15.0 Å². The molecule has 128 valence electrons. The number of anilines is 1. The number of rotatable bonds is 1. The first-order valence-corrected chi connectivity index (χ1v) is 7.61. The SMILES string of the molecule is Cc1nc(N2CCC3(CC2)CC(N)CO3)c2[nH]ccc2n1.Cl.Cl. The van der Waals surface area contributed by atoms with Crippen LogP contribution in [0.3, 0.4) is 0 Å². The Kier molecular flexibility index (Phi) is 5.41. The fraction of sp³-hybridized carbons (Fsp3) is 0.600. The van der Waals surface area contributed by atoms with Crippen molar-refractivity contribution in [2.24, 2.45) is 5.73 Å². The number of aromatic nitrogens is 3. The third-order valence-corrected chi connectivity index (χ3v) is 4.71. The number of halogens is 2. The van der Waals surface area contributed by atoms with Crippen LogP contribution in [-0.2, 0) is 4.74 Å². The third kappa shape index (κ3) is 3.26. The molecule has 0 radical (unpaired) electrons. The Morgan fingerprint density at radius 3 is 2.70 bits per heavy atom. The number of H-pyrrole nitrogens is 1. The second-order valence-electron chi connectivity index (χ2n) is 6.28. The Morgan fingerprint density at radius 1 is 1.30 bits per heavy atom. The van der Waals surface area contributed by atoms with Crippen molar-refractivity contribution < 1.29 is 4.74 Å². The van der Waals surface area contributed by atoms with Crippen LogP contribution in [0.15, 0.2) is 12.3 Å². The lowest BCUT2D eigenvalue weighted by atomic mass is 9.87. The Balaban J connectivity index is 0.000000960. The third-order valence-electron chi connectivity index (χ3n) is 4.71. The zero-order valence-electron chi connectivity index (χ0n) is 13.1. The first kappa shape index (κ1) is 18.3. The lowest BCUT2D eigenvalue weighted by molar-refractivity contribution is -0.0148. The van der Waals surface area contributed by atoms with Crippen LogP contribution in [-0.4, -0.2) is 46.3 Å². The fourth-order valence-electron chi connectivity index (χ4n) is 3.62. The second-order valence-corrected chi connectivity index (χ2v) is 6.28. The van der Waals surface area contributed by atoms with Crippen molar-refractivity contribution in [1.29, 1.82) is 0 Å². The van der Waals surface area contributed by atoms with Crippen molar-refractivity contribution in [3.05, 3.63) is 18.1 Å². The number of ether oxygens (including phenoxy) is 1. The molecule has 3 N–H and O–H groups in total. The van der Waals surface area contributed by atoms with E-state index in [1.165, 1.54) is 0 Å². The smallest absolute Gasteiger partial charge is 0.156 e. The number of aromatic amines is 1. The van der Waals surface area contributed by atoms with E-state index in [0.29, 0.717) is 6.61 Å². The molecule has 6 nitrogen and oxygen atoms in total. The molecule has 0 bridgehead atoms. The molecule has 2 fully saturated rings. The van der Waals surface area contributed by atoms with E-state index < -0.39 is 0 Å². The average molecular weight is 360 g/mol. The molecule has 2 aliphatic rings. The van der Waals surface area contributed by atoms with E-state index in [2.05, 4.69) is 19.9 Å². The van der Waals surface area contributed by atoms with Crippen molar-refractivity contribution in [3.8, 4) is 0 Å². The van der Waals surface area contributed by atoms with E-state index in [4.69, 9.17) is 10.5 Å². The summed E-state index contributed by atoms with van der Waals surface area (Å²) in [5, 5.41) is 0. The Bertz CT molecular complexity index is 669. The monoisotopic (exact) mass is 359 g/mol. The molecule has 2 aromatic rings. The second kappa shape index (κ2) is 6.81. The maximum atomic E-state index is 6.00. The highest BCUT2D eigenvalue weighted by atomic mass is 35.5. The number of nitrogens with two attached hydrogens (primary N) is 1. The van der Waals surface area contributed by atoms with Crippen molar-refractivity contribution in [2.75, 3.05) is 24.6 Å². The Morgan fingerprint density at radius 2 is 2.04 bits per heavy atom. The summed E-state index contributed by atoms with van der Waals surface area (Å²) < 4.78 is 5.98. The Labute approximate surface area is 148 Å². The molecule has 0 aliphatic carbocycles. The van der Waals surface area contributed by atoms with Gasteiger partial charge in [0.1, 0.15) is 11.3 Å². The summed E-state index contributed by atoms with van der Waals surface area (Å²) >= 11 is 0. The van der Waals surface area contributed by atoms with Crippen LogP contribution in [0.25, 0.3) is 11.0 Å². The van der Waals surface area contributed by atoms with E-state index in [1.807, 2.05) is 19.2 Å². The van der Waals surface area contributed by atoms with Gasteiger partial charge in [0.25, 0.3) is 0 Å². The van der Waals surface area contributed by atoms with Crippen LogP contribution >= 0.6 is 24.8 Å². The van der Waals surface area contributed by atoms with Gasteiger partial charge in [-0.05, 0) is 32.3 Å². The lowest BCUT2D eigenvalue weighted by Gasteiger charge is -2.39. The van der Waals surface area contributed by atoms with Gasteiger partial charge < -0.3 is 20.4 Å². The number of aryl methyl sites for hydroxylation is 1. The van der Waals surface area contributed by atoms with Crippen LogP contribution in [0.1, 0.15) is 25.1 Å². The zero-order valence-corrected chi connectivity index (χ0v) is 14.8. The maximum Gasteiger partial charge on any atom is 0.156 e. The molecule has 4 heterocycles. The predicted molar refractivity (Wildman–Crippen MR) is 95.8 cm³/mol. The molecule has 1 spiro atoms. The molecule has 0 aromatic carbocycles. The highest BCUT2D eigenvalue weighted by Gasteiger charge is 2.42. The summed E-state index contributed by atoms with van der Waals surface area (Å²) in [6.45, 7) is 4.56. The number of hydrogen-bond donors (Lipinski definition) is 2. The van der Waals surface area contributed by atoms with Gasteiger partial charge in [-0.25, -0.2) is 9.97 Å². The minimum atomic E-state index is 0. The van der Waals surface area contributed by atoms with Gasteiger partial charge in [-0.15, -0.1) is 24.8 Å². The summed E-state index contributed by atoms with van der Waals surface area (Å²) in [7, 11) is 0. The van der Waals surface area contributed by atoms with E-state index in [-0.39, 0.29) is 36.5 Å². The molecule has 1 unspecified atom stereocenters. The molecular weight excluding hydrogens is 337 g/mol. The van der Waals surface area contributed by atoms with Gasteiger partial charge in [0.05, 0.1) is 17.7 Å². The molecule has 4 rings (SSSR count). The van der Waals surface area contributed by atoms with Gasteiger partial charge in [0, 0.05) is 25.3 Å². The molecule has 23 heavy (non-hydrogen) atoms. The van der Waals surface area contributed by atoms with Gasteiger partial charge in [0.2, 0.25) is 0 Å². The van der Waals surface area contributed by atoms with Crippen molar-refractivity contribution in [2.45, 2.75) is 37.8 Å². The van der Waals surface area contributed by atoms with Gasteiger partial charge in [-0.1, -0.05) is 0 Å². The van der Waals surface area contributed by atoms with Crippen molar-refractivity contribution >= 4 is 41.7 Å². The summed E-state index contributed by atoms with van der Waals surface area (Å²) in [5.74, 6) is 1.83. The van der Waals surface area contributed by atoms with Gasteiger partial charge in [-0.2, -0.15) is 0 Å². The quantitative estimate of drug-likeness (QED) is 0.815. The first-order valence-electron chi connectivity index (χ1n) is 7.61. The standard InChI is InChI=1S/C15H21N5O.2ClH/c1-10-18-12-2-5-17-13(12)14(19-10)20-6-3-15(4-7-20)8-11(16)9-21-15;;/h2,5,11,17H,3-4,6-9,16H2,1H3;2*1H. The van der Waals surface area contributed by atoms with Crippen LogP contribution in [0.5, 0.6) is 0 Å². The predicted octanol–water partition coefficient (Wildman–Crippen LogP) is 2.20. The van der Waals surface area contributed by atoms with Crippen LogP contribution in [0.4, 0.5) is 5.82 Å². The largest absolute Gasteiger partial charge is 0.373 e. The van der Waals surface area contributed by atoms with Crippen LogP contribution in [0, 0.1) is 6.92 Å². The molecule has 8 heteroatoms. The topological polar surface area (TPSA) is 80.1 Å². The maximum absolute atomic E-state index is 6.00. The summed E-state index contributed by atoms with van der Waals surface area (Å²) in [6, 6.07) is 2.20. The van der Waals surface area contributed by atoms with Gasteiger partial charge in [-0.3, -0.25) is 0 Å². The lowest BCUT2D eigenvalue weighted by Crippen LogP contribution is -2.45. The number of fused-ring (bicyclic) bond motifs is 1. The van der Waals surface area contributed by atoms with Gasteiger partial charge in [0.15, 0.2) is 5.82 Å². The van der Waals surface area contributed by atoms with E-state index in [1.54, 1.807) is 0 Å². The van der Waals surface area contributed by atoms with Crippen LogP contribution in [0.2, 0.25) is 0 Å². The summed E-state index contributed by atoms with van der Waals surface area (Å²) in [6.07, 6.45) is 4.95. The highest BCUT2D eigenvalue weighted by Crippen LogP contribution is 2.37. The van der Waals surface area contributed by atoms with Crippen molar-refractivity contribution in [3.63, 3.8) is 0 Å². The molecule has 2 aromatic heterocycles. The van der Waals surface area contributed by atoms with Crippen LogP contribution < -0.4 is 10.6 Å². The highest BCUT2D eigenvalue weighted by molar-refractivity contribution is 5.86. The van der Waals surface area contributed by atoms with E-state index in [9.17, 15) is 0 Å². The van der Waals surface area contributed by atoms with E-state index in [0.717, 1.165) is 55.0 Å². The minimum absolute atomic E-state index is 0. The molecule has 2 saturated heterocycles. The number of nitrogens with one attached hydrogen (secondary N) is 1. The summed E-state index contributed by atoms with van der Waals surface area (Å²) in [4.78, 5) is 14.7. The zero-order chi connectivity index (χ0) is 14.4. The van der Waals surface area contributed by atoms with E-state index >= 15 is 0 Å². The molecule has 2 aliphatic heterocycles. The molecule has 0 amide bonds. The molecular formula is C15H23Cl2N5O. The molecule has 1 atom stereocenters.